The molecule has 2 aromatic carbocycles. The van der Waals surface area contributed by atoms with E-state index in [-0.39, 0.29) is 13.0 Å². The van der Waals surface area contributed by atoms with Crippen molar-refractivity contribution in [1.29, 1.82) is 0 Å². The van der Waals surface area contributed by atoms with E-state index in [9.17, 15) is 4.79 Å². The Hall–Kier alpha value is -2.90. The van der Waals surface area contributed by atoms with Crippen molar-refractivity contribution in [3.05, 3.63) is 82.2 Å². The smallest absolute Gasteiger partial charge is 0.308 e. The van der Waals surface area contributed by atoms with Crippen LogP contribution in [-0.2, 0) is 37.0 Å². The molecular formula is C22H25N3O5. The molecule has 1 aliphatic heterocycles. The number of methoxy groups -OCH3 is 1. The molecule has 0 aromatic heterocycles. The Morgan fingerprint density at radius 3 is 2.00 bits per heavy atom. The molecule has 0 radical (unpaired) electrons. The molecule has 8 nitrogen and oxygen atoms in total. The van der Waals surface area contributed by atoms with Crippen LogP contribution in [0.25, 0.3) is 10.4 Å². The van der Waals surface area contributed by atoms with Crippen LogP contribution in [0.2, 0.25) is 0 Å². The van der Waals surface area contributed by atoms with E-state index in [1.807, 2.05) is 60.7 Å². The van der Waals surface area contributed by atoms with E-state index < -0.39 is 30.4 Å². The number of carbonyl (C=O) groups is 1. The number of carbonyl (C=O) groups excluding carboxylic acids is 1. The van der Waals surface area contributed by atoms with Crippen molar-refractivity contribution in [2.75, 3.05) is 13.7 Å². The van der Waals surface area contributed by atoms with Gasteiger partial charge >= 0.3 is 5.97 Å². The van der Waals surface area contributed by atoms with Crippen molar-refractivity contribution in [1.82, 2.24) is 0 Å². The molecule has 0 amide bonds. The quantitative estimate of drug-likeness (QED) is 0.256. The van der Waals surface area contributed by atoms with Crippen molar-refractivity contribution in [3.8, 4) is 0 Å². The van der Waals surface area contributed by atoms with Crippen molar-refractivity contribution in [2.45, 2.75) is 44.1 Å². The second kappa shape index (κ2) is 11.3. The van der Waals surface area contributed by atoms with Gasteiger partial charge in [0.15, 0.2) is 0 Å². The van der Waals surface area contributed by atoms with Crippen LogP contribution < -0.4 is 0 Å². The molecule has 0 N–H and O–H groups in total. The molecule has 3 rings (SSSR count). The maximum Gasteiger partial charge on any atom is 0.308 e. The molecule has 0 unspecified atom stereocenters. The van der Waals surface area contributed by atoms with Crippen molar-refractivity contribution in [2.24, 2.45) is 5.11 Å². The summed E-state index contributed by atoms with van der Waals surface area (Å²) in [7, 11) is 1.33. The second-order valence-electron chi connectivity index (χ2n) is 6.93. The van der Waals surface area contributed by atoms with Gasteiger partial charge in [-0.2, -0.15) is 0 Å². The van der Waals surface area contributed by atoms with Gasteiger partial charge in [0.25, 0.3) is 0 Å². The average molecular weight is 411 g/mol. The first-order valence-electron chi connectivity index (χ1n) is 9.75. The minimum atomic E-state index is -0.569. The molecule has 4 atom stereocenters. The van der Waals surface area contributed by atoms with Crippen molar-refractivity contribution < 1.29 is 23.7 Å². The zero-order valence-electron chi connectivity index (χ0n) is 16.8. The van der Waals surface area contributed by atoms with Gasteiger partial charge < -0.3 is 18.9 Å². The minimum absolute atomic E-state index is 0.0217. The monoisotopic (exact) mass is 411 g/mol. The summed E-state index contributed by atoms with van der Waals surface area (Å²) in [6.45, 7) is 0.766. The molecule has 30 heavy (non-hydrogen) atoms. The standard InChI is InChI=1S/C22H25N3O5/c1-27-20(26)12-18-21(28-14-16-8-4-2-5-9-16)22(19(30-18)13-24-25-23)29-15-17-10-6-3-7-11-17/h2-11,18-19,21-22H,12-15H2,1H3/t18-,19+,21+,22+/m1/s1. The Bertz CT molecular complexity index is 842. The molecule has 1 aliphatic rings. The lowest BCUT2D eigenvalue weighted by Crippen LogP contribution is -2.39. The largest absolute Gasteiger partial charge is 0.469 e. The molecule has 0 spiro atoms. The van der Waals surface area contributed by atoms with Crippen LogP contribution in [0.3, 0.4) is 0 Å². The zero-order valence-corrected chi connectivity index (χ0v) is 16.8. The van der Waals surface area contributed by atoms with Crippen LogP contribution in [0, 0.1) is 0 Å². The summed E-state index contributed by atoms with van der Waals surface area (Å²) in [6.07, 6.45) is -2.10. The summed E-state index contributed by atoms with van der Waals surface area (Å²) in [5, 5.41) is 3.65. The van der Waals surface area contributed by atoms with Gasteiger partial charge in [-0.05, 0) is 16.7 Å². The lowest BCUT2D eigenvalue weighted by molar-refractivity contribution is -0.145. The van der Waals surface area contributed by atoms with E-state index >= 15 is 0 Å². The highest BCUT2D eigenvalue weighted by atomic mass is 16.6. The maximum absolute atomic E-state index is 11.9. The molecule has 1 heterocycles. The van der Waals surface area contributed by atoms with Gasteiger partial charge in [0, 0.05) is 4.91 Å². The predicted octanol–water partition coefficient (Wildman–Crippen LogP) is 3.80. The minimum Gasteiger partial charge on any atom is -0.469 e. The number of hydrogen-bond acceptors (Lipinski definition) is 6. The van der Waals surface area contributed by atoms with Crippen LogP contribution in [0.5, 0.6) is 0 Å². The van der Waals surface area contributed by atoms with Crippen LogP contribution in [-0.4, -0.2) is 44.0 Å². The molecule has 1 saturated heterocycles. The Labute approximate surface area is 175 Å². The predicted molar refractivity (Wildman–Crippen MR) is 109 cm³/mol. The van der Waals surface area contributed by atoms with E-state index in [1.54, 1.807) is 0 Å². The highest BCUT2D eigenvalue weighted by Gasteiger charge is 2.46. The third-order valence-corrected chi connectivity index (χ3v) is 4.90. The van der Waals surface area contributed by atoms with E-state index in [0.29, 0.717) is 13.2 Å². The van der Waals surface area contributed by atoms with E-state index in [0.717, 1.165) is 11.1 Å². The summed E-state index contributed by atoms with van der Waals surface area (Å²) in [5.41, 5.74) is 10.7. The first-order chi connectivity index (χ1) is 14.7. The fourth-order valence-corrected chi connectivity index (χ4v) is 3.42. The Morgan fingerprint density at radius 2 is 1.50 bits per heavy atom. The van der Waals surface area contributed by atoms with Gasteiger partial charge in [0.2, 0.25) is 0 Å². The van der Waals surface area contributed by atoms with Gasteiger partial charge in [-0.25, -0.2) is 0 Å². The summed E-state index contributed by atoms with van der Waals surface area (Å²) >= 11 is 0. The number of azide groups is 1. The average Bonchev–Trinajstić information content (AvgIpc) is 3.11. The Balaban J connectivity index is 1.77. The van der Waals surface area contributed by atoms with Crippen LogP contribution in [0.4, 0.5) is 0 Å². The normalized spacial score (nSPS) is 23.0. The fraction of sp³-hybridized carbons (Fsp3) is 0.409. The zero-order chi connectivity index (χ0) is 21.2. The van der Waals surface area contributed by atoms with Crippen molar-refractivity contribution in [3.63, 3.8) is 0 Å². The number of rotatable bonds is 10. The summed E-state index contributed by atoms with van der Waals surface area (Å²) in [6, 6.07) is 19.5. The molecular weight excluding hydrogens is 386 g/mol. The van der Waals surface area contributed by atoms with Crippen LogP contribution in [0.15, 0.2) is 65.8 Å². The first-order valence-corrected chi connectivity index (χ1v) is 9.75. The molecule has 0 bridgehead atoms. The third kappa shape index (κ3) is 6.05. The summed E-state index contributed by atoms with van der Waals surface area (Å²) in [4.78, 5) is 14.7. The Morgan fingerprint density at radius 1 is 0.967 bits per heavy atom. The van der Waals surface area contributed by atoms with Gasteiger partial charge in [0.1, 0.15) is 12.2 Å². The number of benzene rings is 2. The lowest BCUT2D eigenvalue weighted by Gasteiger charge is -2.24. The highest BCUT2D eigenvalue weighted by Crippen LogP contribution is 2.31. The highest BCUT2D eigenvalue weighted by molar-refractivity contribution is 5.70. The maximum atomic E-state index is 11.9. The number of esters is 1. The van der Waals surface area contributed by atoms with Gasteiger partial charge in [-0.3, -0.25) is 4.79 Å². The molecule has 158 valence electrons. The van der Waals surface area contributed by atoms with Gasteiger partial charge in [-0.15, -0.1) is 0 Å². The van der Waals surface area contributed by atoms with Crippen LogP contribution >= 0.6 is 0 Å². The molecule has 0 saturated carbocycles. The van der Waals surface area contributed by atoms with Crippen LogP contribution in [0.1, 0.15) is 17.5 Å². The van der Waals surface area contributed by atoms with Gasteiger partial charge in [-0.1, -0.05) is 65.8 Å². The number of nitrogens with zero attached hydrogens (tertiary/aromatic N) is 3. The summed E-state index contributed by atoms with van der Waals surface area (Å²) in [5.74, 6) is -0.403. The van der Waals surface area contributed by atoms with E-state index in [1.165, 1.54) is 7.11 Å². The summed E-state index contributed by atoms with van der Waals surface area (Å²) < 4.78 is 23.2. The molecule has 8 heteroatoms. The van der Waals surface area contributed by atoms with Gasteiger partial charge in [0.05, 0.1) is 45.5 Å². The van der Waals surface area contributed by atoms with Crippen molar-refractivity contribution >= 4 is 5.97 Å². The lowest BCUT2D eigenvalue weighted by atomic mass is 10.0. The SMILES string of the molecule is COC(=O)C[C@H]1O[C@@H](CN=[N+]=[N-])[C@H](OCc2ccccc2)[C@H]1OCc1ccccc1. The Kier molecular flexibility index (Phi) is 8.23. The molecule has 2 aromatic rings. The number of ether oxygens (including phenoxy) is 4. The fourth-order valence-electron chi connectivity index (χ4n) is 3.42. The molecule has 1 fully saturated rings. The first kappa shape index (κ1) is 21.8. The third-order valence-electron chi connectivity index (χ3n) is 4.90. The van der Waals surface area contributed by atoms with E-state index in [4.69, 9.17) is 24.5 Å². The molecule has 0 aliphatic carbocycles. The topological polar surface area (TPSA) is 103 Å². The second-order valence-corrected chi connectivity index (χ2v) is 6.93. The number of hydrogen-bond donors (Lipinski definition) is 0. The van der Waals surface area contributed by atoms with E-state index in [2.05, 4.69) is 10.0 Å².